The fourth-order valence-corrected chi connectivity index (χ4v) is 3.14. The third kappa shape index (κ3) is 3.60. The van der Waals surface area contributed by atoms with Gasteiger partial charge in [0.05, 0.1) is 23.1 Å². The molecule has 0 radical (unpaired) electrons. The molecular formula is C17H17N3O2S. The Labute approximate surface area is 138 Å². The van der Waals surface area contributed by atoms with Crippen molar-refractivity contribution in [3.05, 3.63) is 47.0 Å². The van der Waals surface area contributed by atoms with Gasteiger partial charge in [-0.1, -0.05) is 19.1 Å². The Morgan fingerprint density at radius 3 is 3.09 bits per heavy atom. The summed E-state index contributed by atoms with van der Waals surface area (Å²) in [5.74, 6) is -0.159. The predicted octanol–water partition coefficient (Wildman–Crippen LogP) is 2.57. The third-order valence-electron chi connectivity index (χ3n) is 3.56. The molecule has 0 saturated carbocycles. The Morgan fingerprint density at radius 2 is 2.30 bits per heavy atom. The number of pyridine rings is 1. The van der Waals surface area contributed by atoms with Crippen LogP contribution < -0.4 is 5.32 Å². The maximum atomic E-state index is 12.1. The van der Waals surface area contributed by atoms with E-state index < -0.39 is 0 Å². The Balaban J connectivity index is 1.85. The van der Waals surface area contributed by atoms with Crippen LogP contribution in [0.5, 0.6) is 0 Å². The maximum absolute atomic E-state index is 12.1. The van der Waals surface area contributed by atoms with Crippen LogP contribution in [0.15, 0.2) is 46.4 Å². The molecule has 5 nitrogen and oxygen atoms in total. The summed E-state index contributed by atoms with van der Waals surface area (Å²) >= 11 is 1.30. The largest absolute Gasteiger partial charge is 0.394 e. The highest BCUT2D eigenvalue weighted by Crippen LogP contribution is 2.27. The van der Waals surface area contributed by atoms with Gasteiger partial charge in [-0.05, 0) is 48.0 Å². The first-order chi connectivity index (χ1) is 11.2. The zero-order chi connectivity index (χ0) is 16.2. The van der Waals surface area contributed by atoms with Gasteiger partial charge in [0, 0.05) is 11.6 Å². The van der Waals surface area contributed by atoms with Crippen molar-refractivity contribution < 1.29 is 9.90 Å². The van der Waals surface area contributed by atoms with E-state index in [-0.39, 0.29) is 18.6 Å². The second-order valence-electron chi connectivity index (χ2n) is 5.20. The van der Waals surface area contributed by atoms with Crippen molar-refractivity contribution >= 4 is 39.8 Å². The van der Waals surface area contributed by atoms with Crippen molar-refractivity contribution in [1.82, 2.24) is 10.3 Å². The summed E-state index contributed by atoms with van der Waals surface area (Å²) in [5, 5.41) is 13.5. The summed E-state index contributed by atoms with van der Waals surface area (Å²) in [6, 6.07) is 9.58. The molecule has 2 aromatic rings. The number of hydrogen-bond acceptors (Lipinski definition) is 5. The number of amidine groups is 1. The molecular weight excluding hydrogens is 310 g/mol. The van der Waals surface area contributed by atoms with Crippen molar-refractivity contribution in [2.24, 2.45) is 4.99 Å². The Bertz CT molecular complexity index is 797. The number of amides is 1. The highest BCUT2D eigenvalue weighted by molar-refractivity contribution is 8.18. The monoisotopic (exact) mass is 327 g/mol. The standard InChI is InChI=1S/C17H17N3O2S/c1-2-13(10-21)19-17-20-16(22)15(23-17)9-11-5-6-14-12(8-11)4-3-7-18-14/h3-9,13,21H,2,10H2,1H3,(H,19,20,22)/t13-/m1/s1. The number of aliphatic hydroxyl groups is 1. The van der Waals surface area contributed by atoms with Crippen LogP contribution in [0, 0.1) is 0 Å². The quantitative estimate of drug-likeness (QED) is 0.847. The van der Waals surface area contributed by atoms with E-state index >= 15 is 0 Å². The van der Waals surface area contributed by atoms with E-state index in [0.717, 1.165) is 22.9 Å². The van der Waals surface area contributed by atoms with E-state index in [2.05, 4.69) is 15.3 Å². The molecule has 1 aliphatic heterocycles. The number of aliphatic imine (C=N–C) groups is 1. The number of rotatable bonds is 4. The lowest BCUT2D eigenvalue weighted by Gasteiger charge is -2.05. The number of fused-ring (bicyclic) bond motifs is 1. The van der Waals surface area contributed by atoms with Crippen molar-refractivity contribution in [2.75, 3.05) is 6.61 Å². The average Bonchev–Trinajstić information content (AvgIpc) is 2.92. The van der Waals surface area contributed by atoms with Crippen LogP contribution >= 0.6 is 11.8 Å². The molecule has 2 N–H and O–H groups in total. The van der Waals surface area contributed by atoms with Gasteiger partial charge in [-0.2, -0.15) is 0 Å². The molecule has 3 rings (SSSR count). The first-order valence-electron chi connectivity index (χ1n) is 7.44. The molecule has 6 heteroatoms. The molecule has 1 amide bonds. The van der Waals surface area contributed by atoms with Gasteiger partial charge in [-0.25, -0.2) is 0 Å². The van der Waals surface area contributed by atoms with Crippen molar-refractivity contribution in [3.63, 3.8) is 0 Å². The van der Waals surface area contributed by atoms with Crippen LogP contribution in [-0.2, 0) is 4.79 Å². The van der Waals surface area contributed by atoms with Crippen LogP contribution in [0.1, 0.15) is 18.9 Å². The van der Waals surface area contributed by atoms with Gasteiger partial charge in [-0.3, -0.25) is 14.8 Å². The second-order valence-corrected chi connectivity index (χ2v) is 6.23. The molecule has 0 unspecified atom stereocenters. The Kier molecular flexibility index (Phi) is 4.73. The van der Waals surface area contributed by atoms with Gasteiger partial charge < -0.3 is 10.4 Å². The number of nitrogens with zero attached hydrogens (tertiary/aromatic N) is 2. The molecule has 0 bridgehead atoms. The fraction of sp³-hybridized carbons (Fsp3) is 0.235. The molecule has 1 aromatic carbocycles. The van der Waals surface area contributed by atoms with E-state index in [1.165, 1.54) is 11.8 Å². The van der Waals surface area contributed by atoms with Gasteiger partial charge in [0.2, 0.25) is 0 Å². The average molecular weight is 327 g/mol. The van der Waals surface area contributed by atoms with E-state index in [1.54, 1.807) is 6.20 Å². The zero-order valence-corrected chi connectivity index (χ0v) is 13.5. The van der Waals surface area contributed by atoms with Crippen molar-refractivity contribution in [1.29, 1.82) is 0 Å². The molecule has 1 fully saturated rings. The lowest BCUT2D eigenvalue weighted by atomic mass is 10.1. The van der Waals surface area contributed by atoms with E-state index in [1.807, 2.05) is 43.3 Å². The molecule has 1 atom stereocenters. The first kappa shape index (κ1) is 15.7. The van der Waals surface area contributed by atoms with Crippen LogP contribution in [0.3, 0.4) is 0 Å². The van der Waals surface area contributed by atoms with Crippen LogP contribution in [0.2, 0.25) is 0 Å². The molecule has 0 aliphatic carbocycles. The summed E-state index contributed by atoms with van der Waals surface area (Å²) in [7, 11) is 0. The lowest BCUT2D eigenvalue weighted by Crippen LogP contribution is -2.22. The van der Waals surface area contributed by atoms with Gasteiger partial charge in [0.25, 0.3) is 5.91 Å². The summed E-state index contributed by atoms with van der Waals surface area (Å²) in [5.41, 5.74) is 1.87. The highest BCUT2D eigenvalue weighted by Gasteiger charge is 2.24. The van der Waals surface area contributed by atoms with Crippen LogP contribution in [0.4, 0.5) is 0 Å². The summed E-state index contributed by atoms with van der Waals surface area (Å²) in [6.45, 7) is 1.93. The third-order valence-corrected chi connectivity index (χ3v) is 4.48. The van der Waals surface area contributed by atoms with Gasteiger partial charge in [0.15, 0.2) is 5.17 Å². The fourth-order valence-electron chi connectivity index (χ4n) is 2.25. The van der Waals surface area contributed by atoms with Crippen LogP contribution in [-0.4, -0.2) is 33.8 Å². The number of carbonyl (C=O) groups excluding carboxylic acids is 1. The van der Waals surface area contributed by atoms with E-state index in [4.69, 9.17) is 0 Å². The first-order valence-corrected chi connectivity index (χ1v) is 8.25. The number of carbonyl (C=O) groups is 1. The molecule has 23 heavy (non-hydrogen) atoms. The van der Waals surface area contributed by atoms with E-state index in [9.17, 15) is 9.90 Å². The minimum Gasteiger partial charge on any atom is -0.394 e. The molecule has 2 heterocycles. The minimum atomic E-state index is -0.177. The number of benzene rings is 1. The van der Waals surface area contributed by atoms with Crippen molar-refractivity contribution in [2.45, 2.75) is 19.4 Å². The van der Waals surface area contributed by atoms with E-state index in [0.29, 0.717) is 10.1 Å². The van der Waals surface area contributed by atoms with Gasteiger partial charge >= 0.3 is 0 Å². The maximum Gasteiger partial charge on any atom is 0.264 e. The number of thioether (sulfide) groups is 1. The van der Waals surface area contributed by atoms with Gasteiger partial charge in [-0.15, -0.1) is 0 Å². The number of aliphatic hydroxyl groups excluding tert-OH is 1. The summed E-state index contributed by atoms with van der Waals surface area (Å²) in [6.07, 6.45) is 4.33. The topological polar surface area (TPSA) is 74.6 Å². The normalized spacial score (nSPS) is 19.5. The molecule has 0 spiro atoms. The number of aromatic nitrogens is 1. The predicted molar refractivity (Wildman–Crippen MR) is 94.1 cm³/mol. The highest BCUT2D eigenvalue weighted by atomic mass is 32.2. The Morgan fingerprint density at radius 1 is 1.43 bits per heavy atom. The number of hydrogen-bond donors (Lipinski definition) is 2. The molecule has 1 aromatic heterocycles. The molecule has 1 aliphatic rings. The lowest BCUT2D eigenvalue weighted by molar-refractivity contribution is -0.115. The number of nitrogens with one attached hydrogen (secondary N) is 1. The minimum absolute atomic E-state index is 0.0207. The molecule has 118 valence electrons. The van der Waals surface area contributed by atoms with Crippen LogP contribution in [0.25, 0.3) is 17.0 Å². The summed E-state index contributed by atoms with van der Waals surface area (Å²) < 4.78 is 0. The zero-order valence-electron chi connectivity index (χ0n) is 12.7. The Hall–Kier alpha value is -2.18. The molecule has 1 saturated heterocycles. The SMILES string of the molecule is CC[C@H](CO)N=C1NC(=O)C(=Cc2ccc3ncccc3c2)S1. The van der Waals surface area contributed by atoms with Crippen molar-refractivity contribution in [3.8, 4) is 0 Å². The summed E-state index contributed by atoms with van der Waals surface area (Å²) in [4.78, 5) is 21.3. The second kappa shape index (κ2) is 6.93. The smallest absolute Gasteiger partial charge is 0.264 e. The van der Waals surface area contributed by atoms with Gasteiger partial charge in [0.1, 0.15) is 0 Å².